The van der Waals surface area contributed by atoms with Crippen molar-refractivity contribution in [2.45, 2.75) is 90.6 Å². The molecular formula is C25H42AuNO2Si2-. The van der Waals surface area contributed by atoms with Crippen molar-refractivity contribution in [2.24, 2.45) is 0 Å². The number of rotatable bonds is 13. The van der Waals surface area contributed by atoms with E-state index < -0.39 is 16.6 Å². The molecule has 0 spiro atoms. The third-order valence-corrected chi connectivity index (χ3v) is 10.6. The molecule has 0 aromatic heterocycles. The van der Waals surface area contributed by atoms with Crippen LogP contribution in [-0.4, -0.2) is 29.8 Å². The average Bonchev–Trinajstić information content (AvgIpc) is 2.67. The zero-order chi connectivity index (χ0) is 22.9. The van der Waals surface area contributed by atoms with E-state index in [1.54, 1.807) is 0 Å². The summed E-state index contributed by atoms with van der Waals surface area (Å²) in [4.78, 5) is 3.22. The Kier molecular flexibility index (Phi) is 19.6. The van der Waals surface area contributed by atoms with Gasteiger partial charge in [-0.15, -0.1) is 17.7 Å². The summed E-state index contributed by atoms with van der Waals surface area (Å²) in [6.07, 6.45) is 15.4. The van der Waals surface area contributed by atoms with Gasteiger partial charge in [0.15, 0.2) is 16.6 Å². The molecule has 0 atom stereocenters. The number of hydrogen-bond donors (Lipinski definition) is 0. The molecule has 0 saturated carbocycles. The summed E-state index contributed by atoms with van der Waals surface area (Å²) in [6.45, 7) is 21.6. The van der Waals surface area contributed by atoms with Gasteiger partial charge in [0, 0.05) is 28.8 Å². The third kappa shape index (κ3) is 20.8. The standard InChI is InChI=1S/C19H31O2Si2.C6H11N.Au/c1-7-18-12-14-19(15-13-18)20-16-10-8-9-11-17-23(5,6)21-22(2,3)4;1-3-4-5-6-7-2;/h12-15H,8-11,16-17H2,2-6H3;3-6H2,1H3;/q-1;;. The molecule has 0 heterocycles. The maximum Gasteiger partial charge on any atom is 0.214 e. The van der Waals surface area contributed by atoms with Crippen molar-refractivity contribution in [2.75, 3.05) is 13.2 Å². The van der Waals surface area contributed by atoms with E-state index in [0.29, 0.717) is 6.54 Å². The van der Waals surface area contributed by atoms with Gasteiger partial charge in [0.1, 0.15) is 5.75 Å². The van der Waals surface area contributed by atoms with Gasteiger partial charge < -0.3 is 20.1 Å². The van der Waals surface area contributed by atoms with Crippen molar-refractivity contribution in [3.8, 4) is 11.7 Å². The normalized spacial score (nSPS) is 10.7. The van der Waals surface area contributed by atoms with Crippen LogP contribution in [0.2, 0.25) is 38.8 Å². The Morgan fingerprint density at radius 3 is 2.03 bits per heavy atom. The van der Waals surface area contributed by atoms with Crippen LogP contribution in [0.25, 0.3) is 4.85 Å². The maximum atomic E-state index is 7.04. The van der Waals surface area contributed by atoms with E-state index in [1.807, 2.05) is 24.3 Å². The van der Waals surface area contributed by atoms with Crippen molar-refractivity contribution in [1.82, 2.24) is 0 Å². The van der Waals surface area contributed by atoms with Crippen molar-refractivity contribution < 1.29 is 31.2 Å². The minimum atomic E-state index is -1.46. The summed E-state index contributed by atoms with van der Waals surface area (Å²) < 4.78 is 12.1. The number of benzene rings is 1. The van der Waals surface area contributed by atoms with Crippen LogP contribution >= 0.6 is 0 Å². The Bertz CT molecular complexity index is 643. The van der Waals surface area contributed by atoms with E-state index in [1.165, 1.54) is 38.1 Å². The van der Waals surface area contributed by atoms with Gasteiger partial charge in [0.25, 0.3) is 0 Å². The van der Waals surface area contributed by atoms with E-state index in [-0.39, 0.29) is 22.4 Å². The molecule has 0 aliphatic rings. The van der Waals surface area contributed by atoms with Crippen LogP contribution in [0.1, 0.15) is 57.4 Å². The summed E-state index contributed by atoms with van der Waals surface area (Å²) in [7, 11) is -2.85. The van der Waals surface area contributed by atoms with E-state index in [0.717, 1.165) is 30.8 Å². The van der Waals surface area contributed by atoms with E-state index in [4.69, 9.17) is 21.8 Å². The van der Waals surface area contributed by atoms with Crippen LogP contribution < -0.4 is 4.74 Å². The third-order valence-electron chi connectivity index (χ3n) is 4.40. The largest absolute Gasteiger partial charge is 0.494 e. The fourth-order valence-electron chi connectivity index (χ4n) is 3.15. The Morgan fingerprint density at radius 2 is 1.52 bits per heavy atom. The van der Waals surface area contributed by atoms with Crippen molar-refractivity contribution in [3.63, 3.8) is 0 Å². The van der Waals surface area contributed by atoms with Gasteiger partial charge in [-0.1, -0.05) is 32.6 Å². The molecule has 31 heavy (non-hydrogen) atoms. The SMILES string of the molecule is [Au].[C-]#Cc1ccc(OCCCCCC[Si](C)(C)O[Si](C)(C)C)cc1.[C-]#[N+]CCCCC. The molecule has 1 rings (SSSR count). The zero-order valence-electron chi connectivity index (χ0n) is 20.4. The molecule has 1 radical (unpaired) electrons. The topological polar surface area (TPSA) is 22.8 Å². The minimum Gasteiger partial charge on any atom is -0.494 e. The van der Waals surface area contributed by atoms with Gasteiger partial charge in [0.05, 0.1) is 6.61 Å². The van der Waals surface area contributed by atoms with Crippen LogP contribution in [0.4, 0.5) is 0 Å². The van der Waals surface area contributed by atoms with Crippen molar-refractivity contribution in [3.05, 3.63) is 47.7 Å². The average molecular weight is 642 g/mol. The number of unbranched alkanes of at least 4 members (excludes halogenated alkanes) is 5. The maximum absolute atomic E-state index is 7.04. The van der Waals surface area contributed by atoms with Crippen LogP contribution in [0, 0.1) is 18.9 Å². The van der Waals surface area contributed by atoms with Gasteiger partial charge in [-0.3, -0.25) is 5.92 Å². The molecule has 0 aliphatic carbocycles. The monoisotopic (exact) mass is 641 g/mol. The number of nitrogens with zero attached hydrogens (tertiary/aromatic N) is 1. The summed E-state index contributed by atoms with van der Waals surface area (Å²) in [5.74, 6) is 3.24. The molecule has 0 fully saturated rings. The van der Waals surface area contributed by atoms with Gasteiger partial charge >= 0.3 is 0 Å². The smallest absolute Gasteiger partial charge is 0.214 e. The first kappa shape index (κ1) is 32.4. The second kappa shape index (κ2) is 18.7. The summed E-state index contributed by atoms with van der Waals surface area (Å²) in [6, 6.07) is 8.78. The Labute approximate surface area is 210 Å². The van der Waals surface area contributed by atoms with Crippen LogP contribution in [0.15, 0.2) is 24.3 Å². The Balaban J connectivity index is 0. The molecule has 3 nitrogen and oxygen atoms in total. The van der Waals surface area contributed by atoms with Gasteiger partial charge in [-0.2, -0.15) is 0 Å². The molecule has 0 N–H and O–H groups in total. The predicted octanol–water partition coefficient (Wildman–Crippen LogP) is 7.71. The summed E-state index contributed by atoms with van der Waals surface area (Å²) in [5.41, 5.74) is 0.782. The minimum absolute atomic E-state index is 0. The predicted molar refractivity (Wildman–Crippen MR) is 134 cm³/mol. The van der Waals surface area contributed by atoms with Gasteiger partial charge in [-0.25, -0.2) is 6.57 Å². The molecule has 0 amide bonds. The second-order valence-corrected chi connectivity index (χ2v) is 18.3. The molecule has 0 aliphatic heterocycles. The van der Waals surface area contributed by atoms with Gasteiger partial charge in [0.2, 0.25) is 6.54 Å². The molecular weight excluding hydrogens is 599 g/mol. The molecule has 0 bridgehead atoms. The Hall–Kier alpha value is -0.796. The second-order valence-electron chi connectivity index (χ2n) is 9.23. The van der Waals surface area contributed by atoms with Crippen LogP contribution in [-0.2, 0) is 26.5 Å². The summed E-state index contributed by atoms with van der Waals surface area (Å²) in [5, 5.41) is 0. The van der Waals surface area contributed by atoms with Crippen LogP contribution in [0.5, 0.6) is 5.75 Å². The van der Waals surface area contributed by atoms with E-state index in [2.05, 4.69) is 50.4 Å². The molecule has 6 heteroatoms. The fourth-order valence-corrected chi connectivity index (χ4v) is 11.3. The van der Waals surface area contributed by atoms with Crippen molar-refractivity contribution in [1.29, 1.82) is 0 Å². The molecule has 1 aromatic rings. The number of hydrogen-bond acceptors (Lipinski definition) is 2. The summed E-state index contributed by atoms with van der Waals surface area (Å²) >= 11 is 0. The fraction of sp³-hybridized carbons (Fsp3) is 0.640. The van der Waals surface area contributed by atoms with Gasteiger partial charge in [-0.05, 0) is 63.8 Å². The first-order valence-corrected chi connectivity index (χ1v) is 17.8. The zero-order valence-corrected chi connectivity index (χ0v) is 24.6. The molecule has 0 saturated heterocycles. The first-order chi connectivity index (χ1) is 14.1. The molecule has 0 unspecified atom stereocenters. The van der Waals surface area contributed by atoms with Crippen molar-refractivity contribution >= 4 is 16.6 Å². The first-order valence-electron chi connectivity index (χ1n) is 11.3. The quantitative estimate of drug-likeness (QED) is 0.0954. The van der Waals surface area contributed by atoms with E-state index >= 15 is 0 Å². The Morgan fingerprint density at radius 1 is 0.903 bits per heavy atom. The van der Waals surface area contributed by atoms with E-state index in [9.17, 15) is 0 Å². The number of ether oxygens (including phenoxy) is 1. The molecule has 179 valence electrons. The molecule has 1 aromatic carbocycles. The van der Waals surface area contributed by atoms with Crippen LogP contribution in [0.3, 0.4) is 0 Å².